The summed E-state index contributed by atoms with van der Waals surface area (Å²) in [6.07, 6.45) is 9.75. The van der Waals surface area contributed by atoms with E-state index in [0.29, 0.717) is 31.8 Å². The molecule has 6 aliphatic heterocycles. The van der Waals surface area contributed by atoms with Crippen LogP contribution in [0.3, 0.4) is 0 Å². The number of phenols is 1. The highest BCUT2D eigenvalue weighted by molar-refractivity contribution is 6.35. The number of likely N-dealkylation sites (tertiary alicyclic amines) is 1. The van der Waals surface area contributed by atoms with Gasteiger partial charge in [-0.1, -0.05) is 72.4 Å². The molecule has 2 N–H and O–H groups in total. The Balaban J connectivity index is 1.29. The Kier molecular flexibility index (Phi) is 15.3. The topological polar surface area (TPSA) is 219 Å². The van der Waals surface area contributed by atoms with Gasteiger partial charge in [0, 0.05) is 100 Å². The number of hydrogen-bond acceptors (Lipinski definition) is 16. The van der Waals surface area contributed by atoms with Crippen LogP contribution in [-0.2, 0) is 40.3 Å². The number of aliphatic imine (C=N–C) groups is 1. The molecule has 9 atom stereocenters. The molecule has 1 aliphatic carbocycles. The van der Waals surface area contributed by atoms with E-state index in [1.54, 1.807) is 38.4 Å². The van der Waals surface area contributed by atoms with Crippen molar-refractivity contribution < 1.29 is 62.2 Å². The molecule has 7 bridgehead atoms. The number of ether oxygens (including phenoxy) is 7. The van der Waals surface area contributed by atoms with Gasteiger partial charge in [-0.2, -0.15) is 5.10 Å². The minimum atomic E-state index is -2.08. The van der Waals surface area contributed by atoms with Crippen molar-refractivity contribution in [3.05, 3.63) is 100 Å². The highest BCUT2D eigenvalue weighted by Gasteiger charge is 2.58. The van der Waals surface area contributed by atoms with E-state index >= 15 is 9.59 Å². The van der Waals surface area contributed by atoms with Crippen LogP contribution >= 0.6 is 0 Å². The van der Waals surface area contributed by atoms with E-state index in [4.69, 9.17) is 38.2 Å². The molecular formula is C56H72N6O13. The number of carbonyl (C=O) groups excluding carboxylic acids is 5. The second kappa shape index (κ2) is 21.0. The normalized spacial score (nSPS) is 31.2. The quantitative estimate of drug-likeness (QED) is 0.203. The number of benzene rings is 1. The van der Waals surface area contributed by atoms with Crippen molar-refractivity contribution in [2.45, 2.75) is 131 Å². The molecule has 1 aromatic carbocycles. The first-order valence-corrected chi connectivity index (χ1v) is 25.8. The summed E-state index contributed by atoms with van der Waals surface area (Å²) in [6, 6.07) is 0. The number of esters is 1. The number of nitrogens with zero attached hydrogens (tertiary/aromatic N) is 5. The third-order valence-electron chi connectivity index (χ3n) is 15.3. The Morgan fingerprint density at radius 1 is 0.987 bits per heavy atom. The maximum Gasteiger partial charge on any atom is 0.416 e. The number of aromatic nitrogens is 2. The number of hydrogen-bond donors (Lipinski definition) is 2. The van der Waals surface area contributed by atoms with Gasteiger partial charge in [-0.25, -0.2) is 14.5 Å². The molecule has 7 heterocycles. The number of ketones is 2. The van der Waals surface area contributed by atoms with Gasteiger partial charge in [-0.15, -0.1) is 0 Å². The lowest BCUT2D eigenvalue weighted by Crippen LogP contribution is -2.56. The molecule has 2 amide bonds. The minimum absolute atomic E-state index is 0.0157. The van der Waals surface area contributed by atoms with Gasteiger partial charge in [0.15, 0.2) is 5.79 Å². The summed E-state index contributed by atoms with van der Waals surface area (Å²) in [5.74, 6) is -7.78. The van der Waals surface area contributed by atoms with Crippen molar-refractivity contribution in [3.63, 3.8) is 0 Å². The van der Waals surface area contributed by atoms with Gasteiger partial charge in [-0.05, 0) is 39.7 Å². The van der Waals surface area contributed by atoms with Crippen LogP contribution in [0.15, 0.2) is 77.6 Å². The molecule has 19 heteroatoms. The third kappa shape index (κ3) is 10.1. The fraction of sp³-hybridized carbons (Fsp3) is 0.554. The number of allylic oxidation sites excluding steroid dienone is 4. The maximum absolute atomic E-state index is 15.3. The van der Waals surface area contributed by atoms with Gasteiger partial charge in [0.05, 0.1) is 53.2 Å². The zero-order valence-corrected chi connectivity index (χ0v) is 45.3. The Bertz CT molecular complexity index is 2810. The standard InChI is InChI=1S/C56H72N6O13/c1-15-24-70-53(68)62-43-41(59-56(62)20-22-61(23-21-56)27-29(2)3)38-39-44(63)33(7)49-40(38)50(65)55(12,75-49)71-25-19-37(69-14)32(6)47(72-52(67)36-26-57-60(13)28-36)35(9)48-34(8)46(73-54(10,11)74-48)30(4)17-16-18-31(5)51(66)58-42(43)45(39)64/h15-19,25-26,28-30,32,34-35,37,46-48,63H,1,20-24,27H2,2-14H3,(H,58,66)/b17-16+,25-19+,31-18-/t30-,32+,34+,35-,37-,46-,47+,48+,55-/m0/s1. The monoisotopic (exact) mass is 1040 g/mol. The molecule has 0 unspecified atom stereocenters. The van der Waals surface area contributed by atoms with Crippen LogP contribution in [0.4, 0.5) is 4.79 Å². The lowest BCUT2D eigenvalue weighted by atomic mass is 9.77. The summed E-state index contributed by atoms with van der Waals surface area (Å²) in [5.41, 5.74) is -1.72. The highest BCUT2D eigenvalue weighted by Crippen LogP contribution is 2.53. The average Bonchev–Trinajstić information content (AvgIpc) is 4.05. The molecule has 0 saturated carbocycles. The Morgan fingerprint density at radius 2 is 1.68 bits per heavy atom. The molecule has 75 heavy (non-hydrogen) atoms. The van der Waals surface area contributed by atoms with Crippen molar-refractivity contribution in [2.24, 2.45) is 41.6 Å². The van der Waals surface area contributed by atoms with Gasteiger partial charge in [0.25, 0.3) is 11.7 Å². The first-order valence-electron chi connectivity index (χ1n) is 25.8. The van der Waals surface area contributed by atoms with Crippen LogP contribution in [0.25, 0.3) is 0 Å². The molecule has 9 rings (SSSR count). The fourth-order valence-electron chi connectivity index (χ4n) is 11.5. The number of amides is 2. The van der Waals surface area contributed by atoms with Crippen molar-refractivity contribution in [1.82, 2.24) is 24.9 Å². The zero-order valence-electron chi connectivity index (χ0n) is 45.3. The van der Waals surface area contributed by atoms with Crippen LogP contribution in [0.1, 0.15) is 124 Å². The van der Waals surface area contributed by atoms with Crippen LogP contribution in [0, 0.1) is 36.5 Å². The number of aromatic hydroxyl groups is 1. The maximum atomic E-state index is 15.3. The summed E-state index contributed by atoms with van der Waals surface area (Å²) >= 11 is 0. The molecule has 1 spiro atoms. The van der Waals surface area contributed by atoms with Gasteiger partial charge in [0.2, 0.25) is 5.78 Å². The number of aryl methyl sites for hydroxylation is 1. The summed E-state index contributed by atoms with van der Waals surface area (Å²) < 4.78 is 45.7. The Morgan fingerprint density at radius 3 is 2.32 bits per heavy atom. The van der Waals surface area contributed by atoms with E-state index in [-0.39, 0.29) is 74.7 Å². The predicted octanol–water partition coefficient (Wildman–Crippen LogP) is 7.48. The smallest absolute Gasteiger partial charge is 0.416 e. The number of phenolic OH excluding ortho intramolecular Hbond substituents is 1. The summed E-state index contributed by atoms with van der Waals surface area (Å²) in [5, 5.41) is 19.1. The Labute approximate surface area is 438 Å². The number of carbonyl (C=O) groups is 5. The van der Waals surface area contributed by atoms with E-state index < -0.39 is 88.8 Å². The van der Waals surface area contributed by atoms with Crippen LogP contribution < -0.4 is 10.1 Å². The van der Waals surface area contributed by atoms with Crippen molar-refractivity contribution in [3.8, 4) is 11.5 Å². The summed E-state index contributed by atoms with van der Waals surface area (Å²) in [6.45, 7) is 25.7. The van der Waals surface area contributed by atoms with Gasteiger partial charge in [-0.3, -0.25) is 24.1 Å². The molecule has 2 aromatic rings. The second-order valence-electron chi connectivity index (χ2n) is 21.8. The number of nitrogens with one attached hydrogen (secondary N) is 1. The van der Waals surface area contributed by atoms with E-state index in [0.717, 1.165) is 6.54 Å². The summed E-state index contributed by atoms with van der Waals surface area (Å²) in [7, 11) is 3.21. The average molecular weight is 1040 g/mol. The fourth-order valence-corrected chi connectivity index (χ4v) is 11.5. The molecular weight excluding hydrogens is 965 g/mol. The highest BCUT2D eigenvalue weighted by atomic mass is 16.7. The number of methoxy groups -OCH3 is 1. The van der Waals surface area contributed by atoms with Crippen molar-refractivity contribution in [2.75, 3.05) is 33.4 Å². The largest absolute Gasteiger partial charge is 0.507 e. The van der Waals surface area contributed by atoms with E-state index in [1.165, 1.54) is 49.1 Å². The van der Waals surface area contributed by atoms with Gasteiger partial charge >= 0.3 is 17.8 Å². The van der Waals surface area contributed by atoms with Crippen molar-refractivity contribution in [1.29, 1.82) is 0 Å². The number of rotatable bonds is 7. The molecule has 404 valence electrons. The molecule has 0 radical (unpaired) electrons. The van der Waals surface area contributed by atoms with E-state index in [2.05, 4.69) is 35.7 Å². The lowest BCUT2D eigenvalue weighted by molar-refractivity contribution is -0.336. The zero-order chi connectivity index (χ0) is 54.6. The predicted molar refractivity (Wildman–Crippen MR) is 276 cm³/mol. The number of fused-ring (bicyclic) bond motifs is 9. The third-order valence-corrected chi connectivity index (χ3v) is 15.3. The number of piperidine rings is 1. The van der Waals surface area contributed by atoms with Crippen molar-refractivity contribution >= 4 is 35.2 Å². The molecule has 7 aliphatic rings. The summed E-state index contributed by atoms with van der Waals surface area (Å²) in [4.78, 5) is 82.4. The van der Waals surface area contributed by atoms with E-state index in [9.17, 15) is 19.5 Å². The molecule has 2 saturated heterocycles. The first kappa shape index (κ1) is 54.8. The molecule has 19 nitrogen and oxygen atoms in total. The first-order chi connectivity index (χ1) is 35.4. The SMILES string of the molecule is C=CCOC(=O)N1C2=C3NC(=O)/C(C)=C\C=C\[C@H](C)[C@@H]4OC(C)(C)O[C@@H]([C@@H](C)[C@H](OC(=O)c5cnn(C)c5)[C@H](C)[C@@H](OC)/C=C/O[C@@]5(C)Oc6c(C)c(O)c(c(c6C5=O)C2=NC12CCN(CC(C)C)CC2)C3=O)[C@@H]4C. The number of Topliss-reactive ketones (excluding diaryl/α,β-unsaturated/α-hetero) is 2. The second-order valence-corrected chi connectivity index (χ2v) is 21.8. The van der Waals surface area contributed by atoms with Gasteiger partial charge in [0.1, 0.15) is 41.3 Å². The lowest BCUT2D eigenvalue weighted by Gasteiger charge is -2.50. The van der Waals surface area contributed by atoms with Crippen LogP contribution in [-0.4, -0.2) is 135 Å². The molecule has 2 fully saturated rings. The van der Waals surface area contributed by atoms with Crippen LogP contribution in [0.5, 0.6) is 11.5 Å². The van der Waals surface area contributed by atoms with Gasteiger partial charge < -0.3 is 48.5 Å². The van der Waals surface area contributed by atoms with Crippen LogP contribution in [0.2, 0.25) is 0 Å². The Hall–Kier alpha value is -6.41. The van der Waals surface area contributed by atoms with E-state index in [1.807, 2.05) is 47.6 Å². The molecule has 1 aromatic heterocycles. The minimum Gasteiger partial charge on any atom is -0.507 e.